The third kappa shape index (κ3) is 1.79. The Morgan fingerprint density at radius 3 is 2.64 bits per heavy atom. The first-order valence-electron chi connectivity index (χ1n) is 7.53. The molecule has 0 aliphatic rings. The highest BCUT2D eigenvalue weighted by atomic mass is 15.1. The molecule has 4 rings (SSSR count). The highest BCUT2D eigenvalue weighted by molar-refractivity contribution is 5.96. The van der Waals surface area contributed by atoms with Crippen molar-refractivity contribution in [2.75, 3.05) is 5.73 Å². The molecule has 0 bridgehead atoms. The van der Waals surface area contributed by atoms with Gasteiger partial charge < -0.3 is 5.73 Å². The van der Waals surface area contributed by atoms with E-state index in [0.29, 0.717) is 5.82 Å². The largest absolute Gasteiger partial charge is 0.383 e. The molecule has 2 heterocycles. The van der Waals surface area contributed by atoms with Crippen LogP contribution in [0.5, 0.6) is 0 Å². The molecule has 22 heavy (non-hydrogen) atoms. The zero-order chi connectivity index (χ0) is 15.1. The quantitative estimate of drug-likeness (QED) is 0.597. The summed E-state index contributed by atoms with van der Waals surface area (Å²) in [7, 11) is 0. The number of benzene rings is 2. The first kappa shape index (κ1) is 12.9. The molecular weight excluding hydrogens is 270 g/mol. The Bertz CT molecular complexity index is 982. The van der Waals surface area contributed by atoms with E-state index >= 15 is 0 Å². The Hall–Kier alpha value is -2.81. The number of imidazole rings is 1. The van der Waals surface area contributed by atoms with Gasteiger partial charge in [-0.05, 0) is 23.4 Å². The van der Waals surface area contributed by atoms with Gasteiger partial charge in [-0.15, -0.1) is 0 Å². The number of aryl methyl sites for hydroxylation is 1. The molecule has 3 heteroatoms. The van der Waals surface area contributed by atoms with Crippen LogP contribution in [0.4, 0.5) is 5.82 Å². The summed E-state index contributed by atoms with van der Waals surface area (Å²) in [6, 6.07) is 18.7. The molecule has 0 fully saturated rings. The van der Waals surface area contributed by atoms with Gasteiger partial charge in [0.15, 0.2) is 0 Å². The molecule has 3 nitrogen and oxygen atoms in total. The van der Waals surface area contributed by atoms with Crippen LogP contribution in [0, 0.1) is 0 Å². The number of anilines is 1. The number of aromatic nitrogens is 2. The number of hydrogen-bond acceptors (Lipinski definition) is 2. The molecule has 2 aromatic heterocycles. The molecular formula is C19H17N3. The van der Waals surface area contributed by atoms with Crippen LogP contribution in [0.2, 0.25) is 0 Å². The second-order valence-electron chi connectivity index (χ2n) is 5.45. The molecule has 0 atom stereocenters. The van der Waals surface area contributed by atoms with Gasteiger partial charge >= 0.3 is 0 Å². The molecule has 0 unspecified atom stereocenters. The Kier molecular flexibility index (Phi) is 2.86. The number of rotatable bonds is 2. The van der Waals surface area contributed by atoms with Crippen LogP contribution in [0.25, 0.3) is 27.7 Å². The van der Waals surface area contributed by atoms with Crippen molar-refractivity contribution in [3.63, 3.8) is 0 Å². The smallest absolute Gasteiger partial charge is 0.147 e. The lowest BCUT2D eigenvalue weighted by atomic mass is 10.0. The van der Waals surface area contributed by atoms with Gasteiger partial charge in [0.2, 0.25) is 0 Å². The predicted molar refractivity (Wildman–Crippen MR) is 91.9 cm³/mol. The third-order valence-electron chi connectivity index (χ3n) is 4.21. The summed E-state index contributed by atoms with van der Waals surface area (Å²) >= 11 is 0. The van der Waals surface area contributed by atoms with Crippen molar-refractivity contribution in [1.82, 2.24) is 9.38 Å². The van der Waals surface area contributed by atoms with Crippen LogP contribution in [-0.4, -0.2) is 9.38 Å². The van der Waals surface area contributed by atoms with Crippen LogP contribution in [0.15, 0.2) is 60.8 Å². The van der Waals surface area contributed by atoms with Gasteiger partial charge in [-0.3, -0.25) is 4.40 Å². The van der Waals surface area contributed by atoms with Gasteiger partial charge in [0.05, 0.1) is 0 Å². The van der Waals surface area contributed by atoms with Gasteiger partial charge in [-0.2, -0.15) is 0 Å². The van der Waals surface area contributed by atoms with Crippen molar-refractivity contribution in [1.29, 1.82) is 0 Å². The molecule has 0 saturated carbocycles. The van der Waals surface area contributed by atoms with E-state index in [0.717, 1.165) is 28.7 Å². The van der Waals surface area contributed by atoms with E-state index in [4.69, 9.17) is 10.7 Å². The number of nitrogens with zero attached hydrogens (tertiary/aromatic N) is 2. The van der Waals surface area contributed by atoms with E-state index < -0.39 is 0 Å². The molecule has 4 aromatic rings. The van der Waals surface area contributed by atoms with Crippen molar-refractivity contribution < 1.29 is 0 Å². The van der Waals surface area contributed by atoms with Crippen LogP contribution in [-0.2, 0) is 6.42 Å². The zero-order valence-electron chi connectivity index (χ0n) is 12.5. The summed E-state index contributed by atoms with van der Waals surface area (Å²) in [6.45, 7) is 2.15. The SMILES string of the molecule is CCc1ccccc1-c1nc2c3ccccc3ccn2c1N. The standard InChI is InChI=1S/C19H17N3/c1-2-13-7-3-5-9-15(13)17-18(20)22-12-11-14-8-4-6-10-16(14)19(22)21-17/h3-12H,2,20H2,1H3. The zero-order valence-corrected chi connectivity index (χ0v) is 12.5. The molecule has 0 amide bonds. The minimum atomic E-state index is 0.696. The van der Waals surface area contributed by atoms with Crippen LogP contribution < -0.4 is 5.73 Å². The van der Waals surface area contributed by atoms with Crippen molar-refractivity contribution in [3.05, 3.63) is 66.4 Å². The van der Waals surface area contributed by atoms with Crippen LogP contribution in [0.3, 0.4) is 0 Å². The molecule has 2 N–H and O–H groups in total. The predicted octanol–water partition coefficient (Wildman–Crippen LogP) is 4.30. The summed E-state index contributed by atoms with van der Waals surface area (Å²) < 4.78 is 1.98. The van der Waals surface area contributed by atoms with Gasteiger partial charge in [0.1, 0.15) is 17.2 Å². The van der Waals surface area contributed by atoms with Crippen LogP contribution >= 0.6 is 0 Å². The molecule has 2 aromatic carbocycles. The first-order chi connectivity index (χ1) is 10.8. The lowest BCUT2D eigenvalue weighted by Gasteiger charge is -2.05. The van der Waals surface area contributed by atoms with Gasteiger partial charge in [-0.1, -0.05) is 55.5 Å². The maximum absolute atomic E-state index is 6.39. The van der Waals surface area contributed by atoms with Crippen molar-refractivity contribution in [2.45, 2.75) is 13.3 Å². The lowest BCUT2D eigenvalue weighted by molar-refractivity contribution is 1.14. The fourth-order valence-electron chi connectivity index (χ4n) is 3.04. The van der Waals surface area contributed by atoms with Crippen molar-refractivity contribution in [2.24, 2.45) is 0 Å². The van der Waals surface area contributed by atoms with Crippen LogP contribution in [0.1, 0.15) is 12.5 Å². The van der Waals surface area contributed by atoms with Gasteiger partial charge in [0, 0.05) is 17.1 Å². The summed E-state index contributed by atoms with van der Waals surface area (Å²) in [6.07, 6.45) is 2.96. The third-order valence-corrected chi connectivity index (χ3v) is 4.21. The van der Waals surface area contributed by atoms with Crippen molar-refractivity contribution >= 4 is 22.2 Å². The second-order valence-corrected chi connectivity index (χ2v) is 5.45. The minimum absolute atomic E-state index is 0.696. The topological polar surface area (TPSA) is 43.3 Å². The summed E-state index contributed by atoms with van der Waals surface area (Å²) in [5.41, 5.74) is 10.6. The number of fused-ring (bicyclic) bond motifs is 3. The number of pyridine rings is 1. The minimum Gasteiger partial charge on any atom is -0.383 e. The average molecular weight is 287 g/mol. The Balaban J connectivity index is 2.07. The fourth-order valence-corrected chi connectivity index (χ4v) is 3.04. The van der Waals surface area contributed by atoms with E-state index in [9.17, 15) is 0 Å². The monoisotopic (exact) mass is 287 g/mol. The highest BCUT2D eigenvalue weighted by Crippen LogP contribution is 2.31. The molecule has 108 valence electrons. The van der Waals surface area contributed by atoms with E-state index in [2.05, 4.69) is 43.3 Å². The maximum atomic E-state index is 6.39. The summed E-state index contributed by atoms with van der Waals surface area (Å²) in [5, 5.41) is 2.30. The van der Waals surface area contributed by atoms with E-state index in [-0.39, 0.29) is 0 Å². The molecule has 0 aliphatic heterocycles. The van der Waals surface area contributed by atoms with E-state index in [1.165, 1.54) is 10.9 Å². The highest BCUT2D eigenvalue weighted by Gasteiger charge is 2.15. The molecule has 0 spiro atoms. The Labute approximate surface area is 129 Å². The van der Waals surface area contributed by atoms with Crippen molar-refractivity contribution in [3.8, 4) is 11.3 Å². The molecule has 0 saturated heterocycles. The summed E-state index contributed by atoms with van der Waals surface area (Å²) in [5.74, 6) is 0.696. The first-order valence-corrected chi connectivity index (χ1v) is 7.53. The molecule has 0 aliphatic carbocycles. The number of nitrogens with two attached hydrogens (primary N) is 1. The number of hydrogen-bond donors (Lipinski definition) is 1. The lowest BCUT2D eigenvalue weighted by Crippen LogP contribution is -1.95. The van der Waals surface area contributed by atoms with Gasteiger partial charge in [0.25, 0.3) is 0 Å². The fraction of sp³-hybridized carbons (Fsp3) is 0.105. The summed E-state index contributed by atoms with van der Waals surface area (Å²) in [4.78, 5) is 4.86. The van der Waals surface area contributed by atoms with E-state index in [1.807, 2.05) is 28.8 Å². The Morgan fingerprint density at radius 1 is 1.00 bits per heavy atom. The molecule has 0 radical (unpaired) electrons. The Morgan fingerprint density at radius 2 is 1.77 bits per heavy atom. The normalized spacial score (nSPS) is 11.3. The van der Waals surface area contributed by atoms with E-state index in [1.54, 1.807) is 0 Å². The number of nitrogen functional groups attached to an aromatic ring is 1. The average Bonchev–Trinajstić information content (AvgIpc) is 2.92. The second kappa shape index (κ2) is 4.88. The maximum Gasteiger partial charge on any atom is 0.147 e. The van der Waals surface area contributed by atoms with Gasteiger partial charge in [-0.25, -0.2) is 4.98 Å².